The number of aryl methyl sites for hydroxylation is 1. The van der Waals surface area contributed by atoms with E-state index in [0.717, 1.165) is 68.4 Å². The quantitative estimate of drug-likeness (QED) is 0.589. The van der Waals surface area contributed by atoms with Crippen LogP contribution in [0.5, 0.6) is 0 Å². The number of hydrogen-bond acceptors (Lipinski definition) is 7. The molecule has 1 aliphatic rings. The van der Waals surface area contributed by atoms with Gasteiger partial charge in [0.2, 0.25) is 5.95 Å². The molecule has 0 atom stereocenters. The van der Waals surface area contributed by atoms with Gasteiger partial charge in [-0.25, -0.2) is 0 Å². The van der Waals surface area contributed by atoms with Crippen LogP contribution in [0.15, 0.2) is 30.5 Å². The van der Waals surface area contributed by atoms with E-state index in [-0.39, 0.29) is 0 Å². The van der Waals surface area contributed by atoms with Crippen LogP contribution in [0.4, 0.5) is 17.5 Å². The standard InChI is InChI=1S/C19H24ClN7O/c1-26-18-16(13-22-26)17(23-15-5-3-14(20)4-6-15)24-19(25-18)21-7-2-8-27-9-11-28-12-10-27/h3-6,13H,2,7-12H2,1H3,(H2,21,23,24,25). The van der Waals surface area contributed by atoms with E-state index in [1.54, 1.807) is 10.9 Å². The molecule has 3 heterocycles. The van der Waals surface area contributed by atoms with Crippen molar-refractivity contribution in [2.45, 2.75) is 6.42 Å². The molecule has 1 saturated heterocycles. The topological polar surface area (TPSA) is 80.1 Å². The zero-order chi connectivity index (χ0) is 19.3. The molecule has 2 aromatic heterocycles. The summed E-state index contributed by atoms with van der Waals surface area (Å²) in [6.45, 7) is 5.52. The summed E-state index contributed by atoms with van der Waals surface area (Å²) in [5, 5.41) is 12.6. The van der Waals surface area contributed by atoms with Gasteiger partial charge in [-0.15, -0.1) is 0 Å². The molecule has 0 unspecified atom stereocenters. The fraction of sp³-hybridized carbons (Fsp3) is 0.421. The van der Waals surface area contributed by atoms with Crippen LogP contribution in [0.25, 0.3) is 11.0 Å². The monoisotopic (exact) mass is 401 g/mol. The number of anilines is 3. The number of ether oxygens (including phenoxy) is 1. The van der Waals surface area contributed by atoms with Gasteiger partial charge in [-0.2, -0.15) is 15.1 Å². The molecule has 0 amide bonds. The molecular weight excluding hydrogens is 378 g/mol. The fourth-order valence-corrected chi connectivity index (χ4v) is 3.32. The summed E-state index contributed by atoms with van der Waals surface area (Å²) >= 11 is 5.98. The number of nitrogens with one attached hydrogen (secondary N) is 2. The average molecular weight is 402 g/mol. The van der Waals surface area contributed by atoms with Gasteiger partial charge in [0.15, 0.2) is 5.65 Å². The fourth-order valence-electron chi connectivity index (χ4n) is 3.19. The van der Waals surface area contributed by atoms with Gasteiger partial charge in [0.05, 0.1) is 24.8 Å². The Hall–Kier alpha value is -2.42. The van der Waals surface area contributed by atoms with Gasteiger partial charge in [-0.3, -0.25) is 9.58 Å². The lowest BCUT2D eigenvalue weighted by Gasteiger charge is -2.26. The van der Waals surface area contributed by atoms with Crippen molar-refractivity contribution in [2.75, 3.05) is 50.0 Å². The molecule has 8 nitrogen and oxygen atoms in total. The maximum Gasteiger partial charge on any atom is 0.226 e. The second kappa shape index (κ2) is 8.72. The molecule has 148 valence electrons. The highest BCUT2D eigenvalue weighted by Crippen LogP contribution is 2.25. The van der Waals surface area contributed by atoms with Crippen LogP contribution < -0.4 is 10.6 Å². The van der Waals surface area contributed by atoms with Crippen molar-refractivity contribution in [1.82, 2.24) is 24.6 Å². The van der Waals surface area contributed by atoms with Gasteiger partial charge < -0.3 is 15.4 Å². The molecule has 9 heteroatoms. The Kier molecular flexibility index (Phi) is 5.90. The Morgan fingerprint density at radius 1 is 1.14 bits per heavy atom. The predicted molar refractivity (Wildman–Crippen MR) is 111 cm³/mol. The molecule has 0 spiro atoms. The first kappa shape index (κ1) is 18.9. The Morgan fingerprint density at radius 2 is 1.93 bits per heavy atom. The van der Waals surface area contributed by atoms with Gasteiger partial charge in [0.1, 0.15) is 5.82 Å². The molecule has 28 heavy (non-hydrogen) atoms. The summed E-state index contributed by atoms with van der Waals surface area (Å²) in [7, 11) is 1.88. The van der Waals surface area contributed by atoms with Crippen molar-refractivity contribution in [3.05, 3.63) is 35.5 Å². The molecule has 1 fully saturated rings. The average Bonchev–Trinajstić information content (AvgIpc) is 3.09. The van der Waals surface area contributed by atoms with Crippen LogP contribution in [0.2, 0.25) is 5.02 Å². The van der Waals surface area contributed by atoms with Crippen LogP contribution >= 0.6 is 11.6 Å². The number of hydrogen-bond donors (Lipinski definition) is 2. The highest BCUT2D eigenvalue weighted by molar-refractivity contribution is 6.30. The van der Waals surface area contributed by atoms with E-state index < -0.39 is 0 Å². The Bertz CT molecular complexity index is 922. The van der Waals surface area contributed by atoms with E-state index >= 15 is 0 Å². The van der Waals surface area contributed by atoms with Gasteiger partial charge in [-0.1, -0.05) is 11.6 Å². The van der Waals surface area contributed by atoms with Crippen LogP contribution in [0.1, 0.15) is 6.42 Å². The van der Waals surface area contributed by atoms with E-state index in [1.807, 2.05) is 31.3 Å². The van der Waals surface area contributed by atoms with Gasteiger partial charge >= 0.3 is 0 Å². The third-order valence-corrected chi connectivity index (χ3v) is 4.99. The second-order valence-corrected chi connectivity index (χ2v) is 7.20. The molecule has 4 rings (SSSR count). The van der Waals surface area contributed by atoms with Crippen molar-refractivity contribution >= 4 is 40.1 Å². The number of rotatable bonds is 7. The van der Waals surface area contributed by atoms with E-state index in [0.29, 0.717) is 11.0 Å². The van der Waals surface area contributed by atoms with Gasteiger partial charge in [0.25, 0.3) is 0 Å². The molecule has 2 N–H and O–H groups in total. The van der Waals surface area contributed by atoms with Gasteiger partial charge in [0, 0.05) is 37.4 Å². The van der Waals surface area contributed by atoms with Crippen LogP contribution in [-0.4, -0.2) is 64.0 Å². The molecule has 1 aliphatic heterocycles. The third kappa shape index (κ3) is 4.52. The minimum atomic E-state index is 0.592. The largest absolute Gasteiger partial charge is 0.379 e. The van der Waals surface area contributed by atoms with Crippen molar-refractivity contribution in [3.8, 4) is 0 Å². The van der Waals surface area contributed by atoms with Crippen molar-refractivity contribution < 1.29 is 4.74 Å². The summed E-state index contributed by atoms with van der Waals surface area (Å²) in [5.41, 5.74) is 1.69. The zero-order valence-corrected chi connectivity index (χ0v) is 16.6. The van der Waals surface area contributed by atoms with E-state index in [2.05, 4.69) is 30.6 Å². The van der Waals surface area contributed by atoms with E-state index in [1.165, 1.54) is 0 Å². The van der Waals surface area contributed by atoms with Crippen molar-refractivity contribution in [1.29, 1.82) is 0 Å². The highest BCUT2D eigenvalue weighted by Gasteiger charge is 2.13. The number of aromatic nitrogens is 4. The first-order valence-corrected chi connectivity index (χ1v) is 9.83. The lowest BCUT2D eigenvalue weighted by Crippen LogP contribution is -2.37. The molecule has 1 aromatic carbocycles. The lowest BCUT2D eigenvalue weighted by atomic mass is 10.3. The van der Waals surface area contributed by atoms with E-state index in [9.17, 15) is 0 Å². The van der Waals surface area contributed by atoms with Crippen LogP contribution in [0.3, 0.4) is 0 Å². The van der Waals surface area contributed by atoms with Crippen LogP contribution in [-0.2, 0) is 11.8 Å². The van der Waals surface area contributed by atoms with Gasteiger partial charge in [-0.05, 0) is 37.2 Å². The minimum absolute atomic E-state index is 0.592. The number of halogens is 1. The molecule has 0 bridgehead atoms. The maximum absolute atomic E-state index is 5.98. The van der Waals surface area contributed by atoms with Crippen molar-refractivity contribution in [2.24, 2.45) is 7.05 Å². The number of benzene rings is 1. The summed E-state index contributed by atoms with van der Waals surface area (Å²) in [5.74, 6) is 1.31. The Labute approximate surface area is 168 Å². The van der Waals surface area contributed by atoms with Crippen molar-refractivity contribution in [3.63, 3.8) is 0 Å². The molecular formula is C19H24ClN7O. The summed E-state index contributed by atoms with van der Waals surface area (Å²) in [4.78, 5) is 11.7. The smallest absolute Gasteiger partial charge is 0.226 e. The predicted octanol–water partition coefficient (Wildman–Crippen LogP) is 2.89. The molecule has 3 aromatic rings. The number of fused-ring (bicyclic) bond motifs is 1. The zero-order valence-electron chi connectivity index (χ0n) is 15.9. The first-order chi connectivity index (χ1) is 13.7. The minimum Gasteiger partial charge on any atom is -0.379 e. The Morgan fingerprint density at radius 3 is 2.71 bits per heavy atom. The molecule has 0 aliphatic carbocycles. The van der Waals surface area contributed by atoms with E-state index in [4.69, 9.17) is 16.3 Å². The number of nitrogens with zero attached hydrogens (tertiary/aromatic N) is 5. The summed E-state index contributed by atoms with van der Waals surface area (Å²) < 4.78 is 7.14. The highest BCUT2D eigenvalue weighted by atomic mass is 35.5. The SMILES string of the molecule is Cn1ncc2c(Nc3ccc(Cl)cc3)nc(NCCCN3CCOCC3)nc21. The maximum atomic E-state index is 5.98. The normalized spacial score (nSPS) is 15.1. The third-order valence-electron chi connectivity index (χ3n) is 4.74. The molecule has 0 radical (unpaired) electrons. The Balaban J connectivity index is 1.45. The molecule has 0 saturated carbocycles. The van der Waals surface area contributed by atoms with Crippen LogP contribution in [0, 0.1) is 0 Å². The summed E-state index contributed by atoms with van der Waals surface area (Å²) in [6, 6.07) is 7.52. The summed E-state index contributed by atoms with van der Waals surface area (Å²) in [6.07, 6.45) is 2.79. The first-order valence-electron chi connectivity index (χ1n) is 9.45. The second-order valence-electron chi connectivity index (χ2n) is 6.77. The lowest BCUT2D eigenvalue weighted by molar-refractivity contribution is 0.0378. The number of morpholine rings is 1.